The number of piperidine rings is 1. The number of benzene rings is 1. The molecule has 1 aliphatic carbocycles. The predicted octanol–water partition coefficient (Wildman–Crippen LogP) is 2.27. The van der Waals surface area contributed by atoms with Crippen LogP contribution in [0, 0.1) is 11.8 Å². The van der Waals surface area contributed by atoms with E-state index in [-0.39, 0.29) is 11.8 Å². The maximum absolute atomic E-state index is 12.4. The molecule has 3 rings (SSSR count). The number of rotatable bonds is 8. The Hall–Kier alpha value is -1.59. The van der Waals surface area contributed by atoms with Crippen molar-refractivity contribution >= 4 is 5.91 Å². The van der Waals surface area contributed by atoms with Crippen molar-refractivity contribution in [1.82, 2.24) is 10.2 Å². The van der Waals surface area contributed by atoms with E-state index in [1.165, 1.54) is 5.56 Å². The molecule has 1 saturated heterocycles. The summed E-state index contributed by atoms with van der Waals surface area (Å²) in [4.78, 5) is 14.8. The van der Waals surface area contributed by atoms with Crippen molar-refractivity contribution in [2.24, 2.45) is 11.8 Å². The van der Waals surface area contributed by atoms with E-state index in [1.807, 2.05) is 12.1 Å². The van der Waals surface area contributed by atoms with Gasteiger partial charge in [-0.1, -0.05) is 12.1 Å². The van der Waals surface area contributed by atoms with E-state index < -0.39 is 0 Å². The van der Waals surface area contributed by atoms with Crippen molar-refractivity contribution in [1.29, 1.82) is 0 Å². The Morgan fingerprint density at radius 1 is 1.20 bits per heavy atom. The van der Waals surface area contributed by atoms with Crippen molar-refractivity contribution < 1.29 is 14.3 Å². The van der Waals surface area contributed by atoms with E-state index in [9.17, 15) is 4.79 Å². The normalized spacial score (nSPS) is 24.1. The molecule has 0 bridgehead atoms. The van der Waals surface area contributed by atoms with Crippen LogP contribution in [0.5, 0.6) is 5.75 Å². The van der Waals surface area contributed by atoms with Crippen LogP contribution in [0.4, 0.5) is 0 Å². The lowest BCUT2D eigenvalue weighted by Gasteiger charge is -2.31. The van der Waals surface area contributed by atoms with Gasteiger partial charge in [-0.2, -0.15) is 0 Å². The van der Waals surface area contributed by atoms with E-state index in [2.05, 4.69) is 22.3 Å². The van der Waals surface area contributed by atoms with Gasteiger partial charge in [-0.15, -0.1) is 0 Å². The molecule has 5 heteroatoms. The van der Waals surface area contributed by atoms with Gasteiger partial charge in [0.05, 0.1) is 13.7 Å². The van der Waals surface area contributed by atoms with E-state index in [0.717, 1.165) is 57.8 Å². The van der Waals surface area contributed by atoms with Crippen LogP contribution in [0.3, 0.4) is 0 Å². The quantitative estimate of drug-likeness (QED) is 0.785. The Kier molecular flexibility index (Phi) is 6.32. The first-order valence-electron chi connectivity index (χ1n) is 9.34. The standard InChI is InChI=1S/C20H30N2O3/c1-24-12-11-22-9-7-15(8-10-22)14-21-20(23)19-13-18(19)16-3-5-17(25-2)6-4-16/h3-6,15,18-19H,7-14H2,1-2H3,(H,21,23)/t18-,19-/m0/s1. The summed E-state index contributed by atoms with van der Waals surface area (Å²) >= 11 is 0. The minimum absolute atomic E-state index is 0.148. The highest BCUT2D eigenvalue weighted by atomic mass is 16.5. The Labute approximate surface area is 150 Å². The lowest BCUT2D eigenvalue weighted by Crippen LogP contribution is -2.40. The fraction of sp³-hybridized carbons (Fsp3) is 0.650. The first-order valence-corrected chi connectivity index (χ1v) is 9.34. The molecular weight excluding hydrogens is 316 g/mol. The molecule has 0 aromatic heterocycles. The molecule has 0 radical (unpaired) electrons. The van der Waals surface area contributed by atoms with Gasteiger partial charge >= 0.3 is 0 Å². The number of nitrogens with one attached hydrogen (secondary N) is 1. The second kappa shape index (κ2) is 8.68. The van der Waals surface area contributed by atoms with Gasteiger partial charge in [-0.05, 0) is 61.9 Å². The molecule has 1 aromatic carbocycles. The van der Waals surface area contributed by atoms with Crippen LogP contribution in [-0.2, 0) is 9.53 Å². The number of likely N-dealkylation sites (tertiary alicyclic amines) is 1. The van der Waals surface area contributed by atoms with E-state index >= 15 is 0 Å². The maximum atomic E-state index is 12.4. The zero-order valence-corrected chi connectivity index (χ0v) is 15.4. The summed E-state index contributed by atoms with van der Waals surface area (Å²) in [6.07, 6.45) is 3.29. The Balaban J connectivity index is 1.36. The average molecular weight is 346 g/mol. The summed E-state index contributed by atoms with van der Waals surface area (Å²) in [6, 6.07) is 8.10. The summed E-state index contributed by atoms with van der Waals surface area (Å²) in [5.74, 6) is 2.22. The topological polar surface area (TPSA) is 50.8 Å². The molecule has 2 aliphatic rings. The number of nitrogens with zero attached hydrogens (tertiary/aromatic N) is 1. The molecule has 25 heavy (non-hydrogen) atoms. The van der Waals surface area contributed by atoms with Crippen LogP contribution in [0.1, 0.15) is 30.7 Å². The molecule has 138 valence electrons. The van der Waals surface area contributed by atoms with Crippen molar-refractivity contribution in [3.63, 3.8) is 0 Å². The van der Waals surface area contributed by atoms with E-state index in [1.54, 1.807) is 14.2 Å². The van der Waals surface area contributed by atoms with Crippen molar-refractivity contribution in [2.75, 3.05) is 47.0 Å². The first-order chi connectivity index (χ1) is 12.2. The molecule has 1 amide bonds. The zero-order chi connectivity index (χ0) is 17.6. The van der Waals surface area contributed by atoms with Crippen LogP contribution in [0.25, 0.3) is 0 Å². The second-order valence-corrected chi connectivity index (χ2v) is 7.24. The fourth-order valence-corrected chi connectivity index (χ4v) is 3.71. The third kappa shape index (κ3) is 4.95. The van der Waals surface area contributed by atoms with Gasteiger partial charge < -0.3 is 19.7 Å². The molecule has 0 unspecified atom stereocenters. The van der Waals surface area contributed by atoms with Crippen LogP contribution in [0.15, 0.2) is 24.3 Å². The molecule has 2 atom stereocenters. The monoisotopic (exact) mass is 346 g/mol. The SMILES string of the molecule is COCCN1CCC(CNC(=O)[C@H]2C[C@H]2c2ccc(OC)cc2)CC1. The van der Waals surface area contributed by atoms with Gasteiger partial charge in [0.1, 0.15) is 5.75 Å². The number of hydrogen-bond acceptors (Lipinski definition) is 4. The summed E-state index contributed by atoms with van der Waals surface area (Å²) < 4.78 is 10.3. The van der Waals surface area contributed by atoms with Gasteiger partial charge in [0.2, 0.25) is 5.91 Å². The molecule has 1 N–H and O–H groups in total. The van der Waals surface area contributed by atoms with E-state index in [4.69, 9.17) is 9.47 Å². The number of carbonyl (C=O) groups is 1. The van der Waals surface area contributed by atoms with Crippen molar-refractivity contribution in [3.8, 4) is 5.75 Å². The smallest absolute Gasteiger partial charge is 0.223 e. The van der Waals surface area contributed by atoms with Crippen LogP contribution >= 0.6 is 0 Å². The number of methoxy groups -OCH3 is 2. The fourth-order valence-electron chi connectivity index (χ4n) is 3.71. The first kappa shape index (κ1) is 18.2. The largest absolute Gasteiger partial charge is 0.497 e. The van der Waals surface area contributed by atoms with Crippen LogP contribution < -0.4 is 10.1 Å². The van der Waals surface area contributed by atoms with E-state index in [0.29, 0.717) is 11.8 Å². The Bertz CT molecular complexity index is 553. The highest BCUT2D eigenvalue weighted by Crippen LogP contribution is 2.47. The van der Waals surface area contributed by atoms with Gasteiger partial charge in [0, 0.05) is 26.1 Å². The molecule has 1 aromatic rings. The van der Waals surface area contributed by atoms with Crippen molar-refractivity contribution in [2.45, 2.75) is 25.2 Å². The van der Waals surface area contributed by atoms with Crippen molar-refractivity contribution in [3.05, 3.63) is 29.8 Å². The zero-order valence-electron chi connectivity index (χ0n) is 15.4. The molecular formula is C20H30N2O3. The van der Waals surface area contributed by atoms with Gasteiger partial charge in [0.25, 0.3) is 0 Å². The van der Waals surface area contributed by atoms with Gasteiger partial charge in [0.15, 0.2) is 0 Å². The maximum Gasteiger partial charge on any atom is 0.223 e. The molecule has 5 nitrogen and oxygen atoms in total. The molecule has 1 saturated carbocycles. The number of amides is 1. The van der Waals surface area contributed by atoms with Crippen LogP contribution in [0.2, 0.25) is 0 Å². The third-order valence-corrected chi connectivity index (χ3v) is 5.55. The minimum Gasteiger partial charge on any atom is -0.497 e. The molecule has 0 spiro atoms. The Morgan fingerprint density at radius 3 is 2.56 bits per heavy atom. The summed E-state index contributed by atoms with van der Waals surface area (Å²) in [6.45, 7) is 4.86. The third-order valence-electron chi connectivity index (χ3n) is 5.55. The lowest BCUT2D eigenvalue weighted by atomic mass is 9.96. The average Bonchev–Trinajstić information content (AvgIpc) is 3.46. The summed E-state index contributed by atoms with van der Waals surface area (Å²) in [7, 11) is 3.42. The van der Waals surface area contributed by atoms with Crippen LogP contribution in [-0.4, -0.2) is 57.8 Å². The molecule has 1 heterocycles. The van der Waals surface area contributed by atoms with Gasteiger partial charge in [-0.3, -0.25) is 4.79 Å². The lowest BCUT2D eigenvalue weighted by molar-refractivity contribution is -0.122. The Morgan fingerprint density at radius 2 is 1.92 bits per heavy atom. The highest BCUT2D eigenvalue weighted by Gasteiger charge is 2.43. The number of carbonyl (C=O) groups excluding carboxylic acids is 1. The number of hydrogen-bond donors (Lipinski definition) is 1. The molecule has 1 aliphatic heterocycles. The number of ether oxygens (including phenoxy) is 2. The second-order valence-electron chi connectivity index (χ2n) is 7.24. The summed E-state index contributed by atoms with van der Waals surface area (Å²) in [5.41, 5.74) is 1.24. The summed E-state index contributed by atoms with van der Waals surface area (Å²) in [5, 5.41) is 3.19. The molecule has 2 fully saturated rings. The predicted molar refractivity (Wildman–Crippen MR) is 97.9 cm³/mol. The van der Waals surface area contributed by atoms with Gasteiger partial charge in [-0.25, -0.2) is 0 Å². The minimum atomic E-state index is 0.148. The highest BCUT2D eigenvalue weighted by molar-refractivity contribution is 5.82.